The predicted molar refractivity (Wildman–Crippen MR) is 47.7 cm³/mol. The summed E-state index contributed by atoms with van der Waals surface area (Å²) in [5.74, 6) is -0.821. The Bertz CT molecular complexity index is 419. The lowest BCUT2D eigenvalue weighted by Gasteiger charge is -2.03. The zero-order valence-corrected chi connectivity index (χ0v) is 8.29. The van der Waals surface area contributed by atoms with Crippen molar-refractivity contribution >= 4 is 21.6 Å². The highest BCUT2D eigenvalue weighted by atomic mass is 35.5. The predicted octanol–water partition coefficient (Wildman–Crippen LogP) is 1.39. The van der Waals surface area contributed by atoms with E-state index in [1.807, 2.05) is 4.72 Å². The van der Waals surface area contributed by atoms with Crippen LogP contribution in [0.25, 0.3) is 0 Å². The van der Waals surface area contributed by atoms with Crippen LogP contribution in [0.2, 0.25) is 5.02 Å². The molecule has 0 fully saturated rings. The lowest BCUT2D eigenvalue weighted by molar-refractivity contribution is 0.561. The van der Waals surface area contributed by atoms with E-state index in [4.69, 9.17) is 11.6 Å². The molecule has 0 aliphatic heterocycles. The van der Waals surface area contributed by atoms with Crippen LogP contribution in [0.1, 0.15) is 0 Å². The normalized spacial score (nSPS) is 11.6. The zero-order chi connectivity index (χ0) is 10.1. The van der Waals surface area contributed by atoms with Crippen molar-refractivity contribution in [1.29, 1.82) is 0 Å². The first-order valence-corrected chi connectivity index (χ1v) is 5.22. The van der Waals surface area contributed by atoms with Gasteiger partial charge < -0.3 is 0 Å². The molecule has 0 atom stereocenters. The van der Waals surface area contributed by atoms with Gasteiger partial charge in [-0.05, 0) is 25.2 Å². The van der Waals surface area contributed by atoms with Crippen LogP contribution >= 0.6 is 11.6 Å². The van der Waals surface area contributed by atoms with Crippen molar-refractivity contribution in [3.05, 3.63) is 29.0 Å². The Morgan fingerprint density at radius 2 is 2.08 bits per heavy atom. The van der Waals surface area contributed by atoms with Crippen LogP contribution < -0.4 is 4.72 Å². The minimum absolute atomic E-state index is 0.176. The summed E-state index contributed by atoms with van der Waals surface area (Å²) < 4.78 is 37.3. The molecule has 0 aromatic heterocycles. The Morgan fingerprint density at radius 3 is 2.62 bits per heavy atom. The van der Waals surface area contributed by atoms with Crippen LogP contribution in [0.15, 0.2) is 23.1 Å². The SMILES string of the molecule is CNS(=O)(=O)c1cc(Cl)ccc1F. The quantitative estimate of drug-likeness (QED) is 0.824. The minimum Gasteiger partial charge on any atom is -0.214 e. The van der Waals surface area contributed by atoms with Crippen molar-refractivity contribution in [2.45, 2.75) is 4.90 Å². The van der Waals surface area contributed by atoms with Crippen molar-refractivity contribution in [3.63, 3.8) is 0 Å². The van der Waals surface area contributed by atoms with Crippen molar-refractivity contribution in [2.24, 2.45) is 0 Å². The second kappa shape index (κ2) is 3.61. The van der Waals surface area contributed by atoms with E-state index in [1.165, 1.54) is 13.1 Å². The maximum absolute atomic E-state index is 13.0. The maximum atomic E-state index is 13.0. The highest BCUT2D eigenvalue weighted by molar-refractivity contribution is 7.89. The number of hydrogen-bond donors (Lipinski definition) is 1. The van der Waals surface area contributed by atoms with Crippen LogP contribution in [-0.2, 0) is 10.0 Å². The molecule has 13 heavy (non-hydrogen) atoms. The molecule has 3 nitrogen and oxygen atoms in total. The van der Waals surface area contributed by atoms with E-state index in [-0.39, 0.29) is 5.02 Å². The van der Waals surface area contributed by atoms with Gasteiger partial charge in [0.2, 0.25) is 10.0 Å². The molecule has 1 aromatic carbocycles. The molecule has 0 unspecified atom stereocenters. The summed E-state index contributed by atoms with van der Waals surface area (Å²) in [6.45, 7) is 0. The topological polar surface area (TPSA) is 46.2 Å². The zero-order valence-electron chi connectivity index (χ0n) is 6.71. The van der Waals surface area contributed by atoms with E-state index >= 15 is 0 Å². The first-order valence-electron chi connectivity index (χ1n) is 3.36. The van der Waals surface area contributed by atoms with Gasteiger partial charge in [-0.25, -0.2) is 17.5 Å². The van der Waals surface area contributed by atoms with Crippen LogP contribution in [-0.4, -0.2) is 15.5 Å². The molecule has 1 N–H and O–H groups in total. The molecule has 0 bridgehead atoms. The second-order valence-electron chi connectivity index (χ2n) is 2.28. The van der Waals surface area contributed by atoms with E-state index in [9.17, 15) is 12.8 Å². The fourth-order valence-electron chi connectivity index (χ4n) is 0.793. The monoisotopic (exact) mass is 223 g/mol. The standard InChI is InChI=1S/C7H7ClFNO2S/c1-10-13(11,12)7-4-5(8)2-3-6(7)9/h2-4,10H,1H3. The minimum atomic E-state index is -3.76. The summed E-state index contributed by atoms with van der Waals surface area (Å²) >= 11 is 5.52. The third-order valence-corrected chi connectivity index (χ3v) is 3.12. The average molecular weight is 224 g/mol. The summed E-state index contributed by atoms with van der Waals surface area (Å²) in [7, 11) is -2.56. The molecule has 0 aliphatic carbocycles. The highest BCUT2D eigenvalue weighted by Gasteiger charge is 2.16. The molecule has 0 saturated carbocycles. The van der Waals surface area contributed by atoms with Crippen LogP contribution in [0.4, 0.5) is 4.39 Å². The molecule has 0 spiro atoms. The number of benzene rings is 1. The van der Waals surface area contributed by atoms with Gasteiger partial charge in [0.15, 0.2) is 0 Å². The summed E-state index contributed by atoms with van der Waals surface area (Å²) in [4.78, 5) is -0.442. The van der Waals surface area contributed by atoms with Gasteiger partial charge in [-0.3, -0.25) is 0 Å². The first-order chi connectivity index (χ1) is 5.97. The Kier molecular flexibility index (Phi) is 2.90. The summed E-state index contributed by atoms with van der Waals surface area (Å²) in [6, 6.07) is 3.35. The van der Waals surface area contributed by atoms with Crippen molar-refractivity contribution in [2.75, 3.05) is 7.05 Å². The fourth-order valence-corrected chi connectivity index (χ4v) is 1.86. The molecule has 0 heterocycles. The van der Waals surface area contributed by atoms with Gasteiger partial charge in [0.1, 0.15) is 10.7 Å². The number of hydrogen-bond acceptors (Lipinski definition) is 2. The van der Waals surface area contributed by atoms with Gasteiger partial charge in [0.25, 0.3) is 0 Å². The van der Waals surface area contributed by atoms with E-state index in [2.05, 4.69) is 0 Å². The summed E-state index contributed by atoms with van der Waals surface area (Å²) in [5.41, 5.74) is 0. The van der Waals surface area contributed by atoms with Crippen LogP contribution in [0.3, 0.4) is 0 Å². The smallest absolute Gasteiger partial charge is 0.214 e. The number of nitrogens with one attached hydrogen (secondary N) is 1. The molecule has 0 amide bonds. The van der Waals surface area contributed by atoms with E-state index in [0.29, 0.717) is 0 Å². The summed E-state index contributed by atoms with van der Waals surface area (Å²) in [6.07, 6.45) is 0. The van der Waals surface area contributed by atoms with E-state index in [0.717, 1.165) is 12.1 Å². The molecule has 72 valence electrons. The molecule has 1 rings (SSSR count). The van der Waals surface area contributed by atoms with E-state index < -0.39 is 20.7 Å². The molecule has 0 saturated heterocycles. The Balaban J connectivity index is 3.38. The van der Waals surface area contributed by atoms with Gasteiger partial charge in [-0.2, -0.15) is 0 Å². The van der Waals surface area contributed by atoms with Gasteiger partial charge in [-0.1, -0.05) is 11.6 Å². The van der Waals surface area contributed by atoms with E-state index in [1.54, 1.807) is 0 Å². The van der Waals surface area contributed by atoms with Crippen molar-refractivity contribution in [3.8, 4) is 0 Å². The molecular weight excluding hydrogens is 217 g/mol. The third-order valence-electron chi connectivity index (χ3n) is 1.45. The number of halogens is 2. The Morgan fingerprint density at radius 1 is 1.46 bits per heavy atom. The van der Waals surface area contributed by atoms with Crippen molar-refractivity contribution < 1.29 is 12.8 Å². The second-order valence-corrected chi connectivity index (χ2v) is 4.57. The molecule has 0 radical (unpaired) electrons. The third kappa shape index (κ3) is 2.18. The molecular formula is C7H7ClFNO2S. The largest absolute Gasteiger partial charge is 0.243 e. The Labute approximate surface area is 80.6 Å². The molecule has 6 heteroatoms. The van der Waals surface area contributed by atoms with Gasteiger partial charge in [0, 0.05) is 5.02 Å². The highest BCUT2D eigenvalue weighted by Crippen LogP contribution is 2.18. The Hall–Kier alpha value is -0.650. The maximum Gasteiger partial charge on any atom is 0.243 e. The number of rotatable bonds is 2. The van der Waals surface area contributed by atoms with Crippen molar-refractivity contribution in [1.82, 2.24) is 4.72 Å². The molecule has 0 aliphatic rings. The van der Waals surface area contributed by atoms with Crippen LogP contribution in [0, 0.1) is 5.82 Å². The first kappa shape index (κ1) is 10.4. The summed E-state index contributed by atoms with van der Waals surface area (Å²) in [5, 5.41) is 0.176. The van der Waals surface area contributed by atoms with Gasteiger partial charge in [-0.15, -0.1) is 0 Å². The molecule has 1 aromatic rings. The fraction of sp³-hybridized carbons (Fsp3) is 0.143. The number of sulfonamides is 1. The lowest BCUT2D eigenvalue weighted by Crippen LogP contribution is -2.19. The van der Waals surface area contributed by atoms with Crippen LogP contribution in [0.5, 0.6) is 0 Å². The average Bonchev–Trinajstić information content (AvgIpc) is 2.09. The van der Waals surface area contributed by atoms with Gasteiger partial charge in [0.05, 0.1) is 0 Å². The van der Waals surface area contributed by atoms with Gasteiger partial charge >= 0.3 is 0 Å². The lowest BCUT2D eigenvalue weighted by atomic mass is 10.3.